The van der Waals surface area contributed by atoms with Gasteiger partial charge in [0.15, 0.2) is 0 Å². The molecule has 0 bridgehead atoms. The normalized spacial score (nSPS) is 10.9. The Morgan fingerprint density at radius 3 is 2.64 bits per heavy atom. The highest BCUT2D eigenvalue weighted by Crippen LogP contribution is 2.25. The van der Waals surface area contributed by atoms with E-state index in [9.17, 15) is 25.3 Å². The van der Waals surface area contributed by atoms with Gasteiger partial charge in [0.1, 0.15) is 11.6 Å². The zero-order chi connectivity index (χ0) is 20.8. The standard InChI is InChI=1S/C20H22N4O4/c1-4-5-6-9-23-19(25)16(11-21)14(3)17(20(23)26)12-22-18-8-7-15(24(27)28)10-13(18)2/h7-8,10,12,26H,4-6,9H2,1-3H3. The SMILES string of the molecule is CCCCCn1c(O)c(C=Nc2ccc([N+](=O)[O-])cc2C)c(C)c(C#N)c1=O. The van der Waals surface area contributed by atoms with Crippen LogP contribution in [0.4, 0.5) is 11.4 Å². The van der Waals surface area contributed by atoms with E-state index < -0.39 is 10.5 Å². The molecule has 0 radical (unpaired) electrons. The Morgan fingerprint density at radius 2 is 2.07 bits per heavy atom. The lowest BCUT2D eigenvalue weighted by Crippen LogP contribution is -2.25. The number of nitrogens with zero attached hydrogens (tertiary/aromatic N) is 4. The van der Waals surface area contributed by atoms with Gasteiger partial charge < -0.3 is 5.11 Å². The molecule has 0 spiro atoms. The monoisotopic (exact) mass is 382 g/mol. The minimum atomic E-state index is -0.516. The van der Waals surface area contributed by atoms with Gasteiger partial charge in [-0.2, -0.15) is 5.26 Å². The summed E-state index contributed by atoms with van der Waals surface area (Å²) < 4.78 is 1.20. The number of nitro benzene ring substituents is 1. The Morgan fingerprint density at radius 1 is 1.36 bits per heavy atom. The summed E-state index contributed by atoms with van der Waals surface area (Å²) in [5.74, 6) is -0.235. The Hall–Kier alpha value is -3.47. The summed E-state index contributed by atoms with van der Waals surface area (Å²) in [7, 11) is 0. The third-order valence-electron chi connectivity index (χ3n) is 4.56. The smallest absolute Gasteiger partial charge is 0.271 e. The van der Waals surface area contributed by atoms with E-state index in [2.05, 4.69) is 4.99 Å². The molecule has 1 aromatic carbocycles. The summed E-state index contributed by atoms with van der Waals surface area (Å²) in [5.41, 5.74) is 1.14. The highest BCUT2D eigenvalue weighted by Gasteiger charge is 2.18. The number of hydrogen-bond acceptors (Lipinski definition) is 6. The maximum atomic E-state index is 12.5. The predicted molar refractivity (Wildman–Crippen MR) is 106 cm³/mol. The molecule has 146 valence electrons. The van der Waals surface area contributed by atoms with Gasteiger partial charge in [-0.3, -0.25) is 24.5 Å². The Labute approximate surface area is 162 Å². The van der Waals surface area contributed by atoms with Crippen molar-refractivity contribution in [2.75, 3.05) is 0 Å². The average Bonchev–Trinajstić information content (AvgIpc) is 2.65. The number of aromatic hydroxyl groups is 1. The van der Waals surface area contributed by atoms with Crippen LogP contribution in [0.5, 0.6) is 5.88 Å². The molecule has 2 rings (SSSR count). The van der Waals surface area contributed by atoms with Gasteiger partial charge in [0.05, 0.1) is 16.2 Å². The lowest BCUT2D eigenvalue weighted by atomic mass is 10.1. The minimum Gasteiger partial charge on any atom is -0.494 e. The number of hydrogen-bond donors (Lipinski definition) is 1. The number of nitriles is 1. The molecular weight excluding hydrogens is 360 g/mol. The second-order valence-corrected chi connectivity index (χ2v) is 6.50. The summed E-state index contributed by atoms with van der Waals surface area (Å²) in [6.07, 6.45) is 3.94. The maximum Gasteiger partial charge on any atom is 0.271 e. The number of rotatable bonds is 7. The van der Waals surface area contributed by atoms with Gasteiger partial charge in [-0.1, -0.05) is 19.8 Å². The van der Waals surface area contributed by atoms with Crippen LogP contribution in [0.1, 0.15) is 48.4 Å². The van der Waals surface area contributed by atoms with Crippen LogP contribution >= 0.6 is 0 Å². The van der Waals surface area contributed by atoms with Crippen LogP contribution in [0.3, 0.4) is 0 Å². The summed E-state index contributed by atoms with van der Waals surface area (Å²) in [5, 5.41) is 30.8. The molecule has 2 aromatic rings. The van der Waals surface area contributed by atoms with Gasteiger partial charge in [0, 0.05) is 24.9 Å². The molecule has 0 aliphatic rings. The first-order valence-electron chi connectivity index (χ1n) is 8.97. The lowest BCUT2D eigenvalue weighted by Gasteiger charge is -2.13. The van der Waals surface area contributed by atoms with E-state index in [0.717, 1.165) is 12.8 Å². The largest absolute Gasteiger partial charge is 0.494 e. The first kappa shape index (κ1) is 20.8. The number of pyridine rings is 1. The Balaban J connectivity index is 2.52. The van der Waals surface area contributed by atoms with Gasteiger partial charge in [0.2, 0.25) is 5.88 Å². The van der Waals surface area contributed by atoms with E-state index in [1.807, 2.05) is 13.0 Å². The van der Waals surface area contributed by atoms with E-state index in [1.54, 1.807) is 13.8 Å². The fraction of sp³-hybridized carbons (Fsp3) is 0.350. The van der Waals surface area contributed by atoms with Crippen LogP contribution in [0.15, 0.2) is 28.0 Å². The predicted octanol–water partition coefficient (Wildman–Crippen LogP) is 3.89. The van der Waals surface area contributed by atoms with Crippen molar-refractivity contribution in [3.63, 3.8) is 0 Å². The molecule has 0 amide bonds. The third-order valence-corrected chi connectivity index (χ3v) is 4.56. The van der Waals surface area contributed by atoms with E-state index in [-0.39, 0.29) is 22.7 Å². The number of aliphatic imine (C=N–C) groups is 1. The Bertz CT molecular complexity index is 1030. The van der Waals surface area contributed by atoms with Gasteiger partial charge in [-0.25, -0.2) is 0 Å². The molecule has 0 atom stereocenters. The quantitative estimate of drug-likeness (QED) is 0.337. The molecule has 0 aliphatic heterocycles. The average molecular weight is 382 g/mol. The topological polar surface area (TPSA) is 122 Å². The van der Waals surface area contributed by atoms with Crippen LogP contribution in [0, 0.1) is 35.3 Å². The fourth-order valence-electron chi connectivity index (χ4n) is 2.89. The molecule has 8 heteroatoms. The highest BCUT2D eigenvalue weighted by atomic mass is 16.6. The lowest BCUT2D eigenvalue weighted by molar-refractivity contribution is -0.384. The van der Waals surface area contributed by atoms with Crippen molar-refractivity contribution >= 4 is 17.6 Å². The molecule has 0 fully saturated rings. The first-order valence-corrected chi connectivity index (χ1v) is 8.97. The molecular formula is C20H22N4O4. The van der Waals surface area contributed by atoms with Crippen molar-refractivity contribution in [1.82, 2.24) is 4.57 Å². The van der Waals surface area contributed by atoms with E-state index in [0.29, 0.717) is 29.8 Å². The van der Waals surface area contributed by atoms with Crippen LogP contribution in [-0.2, 0) is 6.54 Å². The minimum absolute atomic E-state index is 0.0313. The summed E-state index contributed by atoms with van der Waals surface area (Å²) in [6, 6.07) is 6.18. The molecule has 0 aliphatic carbocycles. The molecule has 1 heterocycles. The number of non-ortho nitro benzene ring substituents is 1. The summed E-state index contributed by atoms with van der Waals surface area (Å²) in [4.78, 5) is 27.2. The van der Waals surface area contributed by atoms with Crippen molar-refractivity contribution in [2.45, 2.75) is 46.6 Å². The third kappa shape index (κ3) is 4.26. The van der Waals surface area contributed by atoms with Crippen LogP contribution in [-0.4, -0.2) is 20.8 Å². The zero-order valence-electron chi connectivity index (χ0n) is 16.1. The summed E-state index contributed by atoms with van der Waals surface area (Å²) in [6.45, 7) is 5.62. The zero-order valence-corrected chi connectivity index (χ0v) is 16.1. The van der Waals surface area contributed by atoms with Crippen LogP contribution in [0.2, 0.25) is 0 Å². The van der Waals surface area contributed by atoms with Gasteiger partial charge in [0.25, 0.3) is 11.2 Å². The van der Waals surface area contributed by atoms with Crippen molar-refractivity contribution in [1.29, 1.82) is 5.26 Å². The van der Waals surface area contributed by atoms with Gasteiger partial charge in [-0.05, 0) is 37.5 Å². The molecule has 0 saturated heterocycles. The van der Waals surface area contributed by atoms with Crippen LogP contribution in [0.25, 0.3) is 0 Å². The van der Waals surface area contributed by atoms with Crippen molar-refractivity contribution in [3.05, 3.63) is 60.9 Å². The fourth-order valence-corrected chi connectivity index (χ4v) is 2.89. The number of unbranched alkanes of at least 4 members (excludes halogenated alkanes) is 2. The van der Waals surface area contributed by atoms with E-state index in [1.165, 1.54) is 29.0 Å². The Kier molecular flexibility index (Phi) is 6.66. The number of aromatic nitrogens is 1. The molecule has 0 unspecified atom stereocenters. The van der Waals surface area contributed by atoms with Crippen molar-refractivity contribution in [3.8, 4) is 11.9 Å². The van der Waals surface area contributed by atoms with E-state index in [4.69, 9.17) is 0 Å². The summed E-state index contributed by atoms with van der Waals surface area (Å²) >= 11 is 0. The molecule has 0 saturated carbocycles. The maximum absolute atomic E-state index is 12.5. The number of aryl methyl sites for hydroxylation is 1. The first-order chi connectivity index (χ1) is 13.3. The molecule has 28 heavy (non-hydrogen) atoms. The van der Waals surface area contributed by atoms with Crippen molar-refractivity contribution in [2.24, 2.45) is 4.99 Å². The second-order valence-electron chi connectivity index (χ2n) is 6.50. The highest BCUT2D eigenvalue weighted by molar-refractivity contribution is 5.87. The van der Waals surface area contributed by atoms with E-state index >= 15 is 0 Å². The van der Waals surface area contributed by atoms with Crippen molar-refractivity contribution < 1.29 is 10.0 Å². The van der Waals surface area contributed by atoms with Gasteiger partial charge in [-0.15, -0.1) is 0 Å². The van der Waals surface area contributed by atoms with Gasteiger partial charge >= 0.3 is 0 Å². The number of nitro groups is 1. The molecule has 8 nitrogen and oxygen atoms in total. The second kappa shape index (κ2) is 8.95. The number of benzene rings is 1. The molecule has 1 aromatic heterocycles. The van der Waals surface area contributed by atoms with Crippen LogP contribution < -0.4 is 5.56 Å². The molecule has 1 N–H and O–H groups in total.